The first kappa shape index (κ1) is 11.6. The highest BCUT2D eigenvalue weighted by molar-refractivity contribution is 7.46. The van der Waals surface area contributed by atoms with Crippen molar-refractivity contribution < 1.29 is 23.7 Å². The summed E-state index contributed by atoms with van der Waals surface area (Å²) in [7, 11) is -4.65. The van der Waals surface area contributed by atoms with Crippen LogP contribution < -0.4 is 9.84 Å². The molecule has 0 aliphatic heterocycles. The van der Waals surface area contributed by atoms with Gasteiger partial charge in [0.05, 0.1) is 0 Å². The van der Waals surface area contributed by atoms with Gasteiger partial charge in [-0.3, -0.25) is 19.9 Å². The fourth-order valence-corrected chi connectivity index (χ4v) is 1.16. The summed E-state index contributed by atoms with van der Waals surface area (Å²) in [5.41, 5.74) is 0.401. The van der Waals surface area contributed by atoms with Crippen molar-refractivity contribution >= 4 is 20.2 Å². The highest BCUT2D eigenvalue weighted by atomic mass is 31.2. The van der Waals surface area contributed by atoms with Crippen molar-refractivity contribution in [1.82, 2.24) is 9.97 Å². The van der Waals surface area contributed by atoms with E-state index in [1.807, 2.05) is 0 Å². The average molecular weight is 233 g/mol. The predicted molar refractivity (Wildman–Crippen MR) is 49.1 cm³/mol. The summed E-state index contributed by atoms with van der Waals surface area (Å²) in [5.74, 6) is -0.395. The Bertz CT molecular complexity index is 417. The van der Waals surface area contributed by atoms with Crippen LogP contribution in [-0.4, -0.2) is 26.2 Å². The second kappa shape index (κ2) is 4.35. The molecule has 9 heteroatoms. The van der Waals surface area contributed by atoms with Crippen molar-refractivity contribution in [3.05, 3.63) is 11.8 Å². The van der Waals surface area contributed by atoms with Gasteiger partial charge < -0.3 is 4.52 Å². The Hall–Kier alpha value is -1.50. The summed E-state index contributed by atoms with van der Waals surface area (Å²) in [5, 5.41) is 2.14. The molecule has 0 saturated carbocycles. The lowest BCUT2D eigenvalue weighted by Crippen LogP contribution is -2.03. The van der Waals surface area contributed by atoms with Gasteiger partial charge in [0.1, 0.15) is 0 Å². The molecule has 0 spiro atoms. The van der Waals surface area contributed by atoms with Crippen LogP contribution in [-0.2, 0) is 9.36 Å². The smallest absolute Gasteiger partial charge is 0.386 e. The lowest BCUT2D eigenvalue weighted by atomic mass is 10.4. The van der Waals surface area contributed by atoms with Crippen molar-refractivity contribution in [1.29, 1.82) is 0 Å². The molecule has 1 aromatic heterocycles. The van der Waals surface area contributed by atoms with Crippen LogP contribution in [0.4, 0.5) is 5.95 Å². The van der Waals surface area contributed by atoms with Crippen molar-refractivity contribution in [2.45, 2.75) is 6.92 Å². The Balaban J connectivity index is 2.98. The zero-order chi connectivity index (χ0) is 11.5. The average Bonchev–Trinajstić information content (AvgIpc) is 1.99. The lowest BCUT2D eigenvalue weighted by molar-refractivity contribution is -0.105. The zero-order valence-electron chi connectivity index (χ0n) is 7.62. The fourth-order valence-electron chi connectivity index (χ4n) is 0.826. The summed E-state index contributed by atoms with van der Waals surface area (Å²) >= 11 is 0. The molecule has 0 saturated heterocycles. The zero-order valence-corrected chi connectivity index (χ0v) is 8.51. The Kier molecular flexibility index (Phi) is 3.35. The van der Waals surface area contributed by atoms with Crippen LogP contribution in [0.15, 0.2) is 6.07 Å². The molecule has 82 valence electrons. The second-order valence-electron chi connectivity index (χ2n) is 2.52. The van der Waals surface area contributed by atoms with Gasteiger partial charge in [-0.05, 0) is 6.92 Å². The molecule has 1 heterocycles. The van der Waals surface area contributed by atoms with Crippen LogP contribution in [0.25, 0.3) is 0 Å². The highest BCUT2D eigenvalue weighted by Crippen LogP contribution is 2.36. The van der Waals surface area contributed by atoms with Gasteiger partial charge in [0.15, 0.2) is 0 Å². The van der Waals surface area contributed by atoms with Gasteiger partial charge in [0, 0.05) is 11.8 Å². The quantitative estimate of drug-likeness (QED) is 0.487. The van der Waals surface area contributed by atoms with E-state index in [2.05, 4.69) is 19.8 Å². The molecule has 0 unspecified atom stereocenters. The summed E-state index contributed by atoms with van der Waals surface area (Å²) < 4.78 is 14.7. The molecule has 15 heavy (non-hydrogen) atoms. The number of carbonyl (C=O) groups is 1. The fraction of sp³-hybridized carbons (Fsp3) is 0.167. The number of aromatic nitrogens is 2. The van der Waals surface area contributed by atoms with Gasteiger partial charge >= 0.3 is 7.82 Å². The maximum Gasteiger partial charge on any atom is 0.526 e. The first-order chi connectivity index (χ1) is 6.90. The SMILES string of the molecule is Cc1cc(OP(=O)(O)O)nc(NC=O)n1. The molecule has 3 N–H and O–H groups in total. The van der Waals surface area contributed by atoms with Crippen LogP contribution in [0.3, 0.4) is 0 Å². The minimum Gasteiger partial charge on any atom is -0.386 e. The number of nitrogens with one attached hydrogen (secondary N) is 1. The Labute approximate surface area is 84.6 Å². The summed E-state index contributed by atoms with van der Waals surface area (Å²) in [6.45, 7) is 1.56. The second-order valence-corrected chi connectivity index (χ2v) is 3.68. The summed E-state index contributed by atoms with van der Waals surface area (Å²) in [6.07, 6.45) is 0.343. The van der Waals surface area contributed by atoms with E-state index in [0.29, 0.717) is 12.1 Å². The van der Waals surface area contributed by atoms with E-state index in [9.17, 15) is 9.36 Å². The molecule has 0 fully saturated rings. The third-order valence-corrected chi connectivity index (χ3v) is 1.66. The maximum atomic E-state index is 10.5. The van der Waals surface area contributed by atoms with E-state index in [-0.39, 0.29) is 11.8 Å². The van der Waals surface area contributed by atoms with Crippen LogP contribution in [0, 0.1) is 6.92 Å². The van der Waals surface area contributed by atoms with Crippen molar-refractivity contribution in [3.63, 3.8) is 0 Å². The Morgan fingerprint density at radius 2 is 2.20 bits per heavy atom. The summed E-state index contributed by atoms with van der Waals surface area (Å²) in [4.78, 5) is 34.4. The Morgan fingerprint density at radius 3 is 2.73 bits per heavy atom. The Morgan fingerprint density at radius 1 is 1.53 bits per heavy atom. The number of phosphoric acid groups is 1. The number of hydrogen-bond donors (Lipinski definition) is 3. The molecule has 1 aromatic rings. The van der Waals surface area contributed by atoms with Crippen LogP contribution in [0.1, 0.15) is 5.69 Å². The molecule has 0 aromatic carbocycles. The molecular formula is C6H8N3O5P. The van der Waals surface area contributed by atoms with Crippen LogP contribution in [0.5, 0.6) is 5.88 Å². The molecule has 1 rings (SSSR count). The monoisotopic (exact) mass is 233 g/mol. The number of carbonyl (C=O) groups excluding carboxylic acids is 1. The molecule has 0 atom stereocenters. The molecule has 0 bridgehead atoms. The molecule has 0 aliphatic carbocycles. The minimum absolute atomic E-state index is 0.0894. The van der Waals surface area contributed by atoms with Crippen molar-refractivity contribution in [3.8, 4) is 5.88 Å². The van der Waals surface area contributed by atoms with Crippen molar-refractivity contribution in [2.24, 2.45) is 0 Å². The van der Waals surface area contributed by atoms with Crippen LogP contribution in [0.2, 0.25) is 0 Å². The normalized spacial score (nSPS) is 10.9. The number of hydrogen-bond acceptors (Lipinski definition) is 5. The number of amides is 1. The number of nitrogens with zero attached hydrogens (tertiary/aromatic N) is 2. The topological polar surface area (TPSA) is 122 Å². The van der Waals surface area contributed by atoms with Crippen molar-refractivity contribution in [2.75, 3.05) is 5.32 Å². The number of rotatable bonds is 4. The third kappa shape index (κ3) is 4.03. The van der Waals surface area contributed by atoms with Crippen LogP contribution >= 0.6 is 7.82 Å². The molecule has 0 aliphatic rings. The van der Waals surface area contributed by atoms with Gasteiger partial charge in [-0.2, -0.15) is 4.98 Å². The first-order valence-corrected chi connectivity index (χ1v) is 5.25. The predicted octanol–water partition coefficient (Wildman–Crippen LogP) is -0.175. The largest absolute Gasteiger partial charge is 0.526 e. The number of anilines is 1. The van der Waals surface area contributed by atoms with E-state index in [4.69, 9.17) is 9.79 Å². The van der Waals surface area contributed by atoms with Gasteiger partial charge in [-0.25, -0.2) is 9.55 Å². The molecular weight excluding hydrogens is 225 g/mol. The molecule has 0 radical (unpaired) electrons. The van der Waals surface area contributed by atoms with Gasteiger partial charge in [0.2, 0.25) is 18.2 Å². The molecule has 1 amide bonds. The van der Waals surface area contributed by atoms with E-state index in [0.717, 1.165) is 0 Å². The van der Waals surface area contributed by atoms with E-state index in [1.54, 1.807) is 6.92 Å². The summed E-state index contributed by atoms with van der Waals surface area (Å²) in [6, 6.07) is 1.23. The number of aryl methyl sites for hydroxylation is 1. The maximum absolute atomic E-state index is 10.5. The van der Waals surface area contributed by atoms with E-state index < -0.39 is 7.82 Å². The lowest BCUT2D eigenvalue weighted by Gasteiger charge is -2.07. The van der Waals surface area contributed by atoms with E-state index >= 15 is 0 Å². The third-order valence-electron chi connectivity index (χ3n) is 1.23. The standard InChI is InChI=1S/C6H8N3O5P/c1-4-2-5(14-15(11,12)13)9-6(8-4)7-3-10/h2-3H,1H3,(H2,11,12,13)(H,7,8,9,10). The highest BCUT2D eigenvalue weighted by Gasteiger charge is 2.17. The first-order valence-electron chi connectivity index (χ1n) is 3.72. The van der Waals surface area contributed by atoms with Gasteiger partial charge in [-0.1, -0.05) is 0 Å². The van der Waals surface area contributed by atoms with Gasteiger partial charge in [0.25, 0.3) is 0 Å². The number of phosphoric ester groups is 1. The minimum atomic E-state index is -4.65. The molecule has 8 nitrogen and oxygen atoms in total. The van der Waals surface area contributed by atoms with Gasteiger partial charge in [-0.15, -0.1) is 0 Å². The van der Waals surface area contributed by atoms with E-state index in [1.165, 1.54) is 6.07 Å².